The quantitative estimate of drug-likeness (QED) is 0.272. The number of primary amides is 1. The highest BCUT2D eigenvalue weighted by molar-refractivity contribution is 5.94. The highest BCUT2D eigenvalue weighted by atomic mass is 19.1. The van der Waals surface area contributed by atoms with E-state index < -0.39 is 35.3 Å². The minimum absolute atomic E-state index is 0.0319. The van der Waals surface area contributed by atoms with Crippen molar-refractivity contribution >= 4 is 28.8 Å². The van der Waals surface area contributed by atoms with E-state index in [1.165, 1.54) is 24.5 Å². The number of amides is 2. The van der Waals surface area contributed by atoms with Crippen molar-refractivity contribution in [3.63, 3.8) is 0 Å². The second-order valence-corrected chi connectivity index (χ2v) is 9.05. The van der Waals surface area contributed by atoms with E-state index in [-0.39, 0.29) is 30.0 Å². The first-order valence-corrected chi connectivity index (χ1v) is 12.0. The van der Waals surface area contributed by atoms with Gasteiger partial charge < -0.3 is 21.4 Å². The fourth-order valence-corrected chi connectivity index (χ4v) is 4.51. The minimum atomic E-state index is -0.951. The fraction of sp³-hybridized carbons (Fsp3) is 0.107. The van der Waals surface area contributed by atoms with E-state index >= 15 is 0 Å². The second kappa shape index (κ2) is 10.8. The molecular formula is C28H22F3N7O2. The largest absolute Gasteiger partial charge is 0.368 e. The molecule has 3 aromatic heterocycles. The Labute approximate surface area is 225 Å². The molecule has 0 saturated carbocycles. The Hall–Kier alpha value is -5.26. The Morgan fingerprint density at radius 3 is 2.52 bits per heavy atom. The molecule has 0 unspecified atom stereocenters. The normalized spacial score (nSPS) is 11.9. The van der Waals surface area contributed by atoms with Gasteiger partial charge >= 0.3 is 0 Å². The van der Waals surface area contributed by atoms with Crippen molar-refractivity contribution in [1.29, 1.82) is 0 Å². The number of nitrogens with one attached hydrogen (secondary N) is 1. The maximum atomic E-state index is 14.2. The van der Waals surface area contributed by atoms with Crippen molar-refractivity contribution in [1.82, 2.24) is 24.8 Å². The molecule has 3 heterocycles. The zero-order valence-corrected chi connectivity index (χ0v) is 20.8. The number of nitrogen functional groups attached to an aromatic ring is 1. The van der Waals surface area contributed by atoms with E-state index in [1.807, 2.05) is 0 Å². The van der Waals surface area contributed by atoms with Crippen LogP contribution in [0, 0.1) is 17.5 Å². The smallest absolute Gasteiger partial charge is 0.251 e. The first-order chi connectivity index (χ1) is 19.2. The van der Waals surface area contributed by atoms with Crippen molar-refractivity contribution in [2.45, 2.75) is 19.0 Å². The average Bonchev–Trinajstić information content (AvgIpc) is 3.29. The van der Waals surface area contributed by atoms with Crippen LogP contribution in [0.15, 0.2) is 73.2 Å². The van der Waals surface area contributed by atoms with E-state index in [4.69, 9.17) is 11.5 Å². The van der Waals surface area contributed by atoms with Gasteiger partial charge in [-0.2, -0.15) is 4.98 Å². The standard InChI is InChI=1S/C28H22F3N7O2/c29-18-8-15(9-19(30)12-18)10-23(36-24(39)14-38-7-5-17-13-35-28(33)37-27(17)38)25-20(2-1-6-34-25)16-3-4-22(31)21(11-16)26(32)40/h1-9,11-13,23H,10,14H2,(H2,32,40)(H,36,39)(H2,33,35,37)/t23-/m0/s1. The van der Waals surface area contributed by atoms with Gasteiger partial charge in [-0.1, -0.05) is 12.1 Å². The van der Waals surface area contributed by atoms with Gasteiger partial charge in [0.2, 0.25) is 11.9 Å². The SMILES string of the molecule is NC(=O)c1cc(-c2cccnc2[C@H](Cc2cc(F)cc(F)c2)NC(=O)Cn2ccc3cnc(N)nc32)ccc1F. The minimum Gasteiger partial charge on any atom is -0.368 e. The molecular weight excluding hydrogens is 523 g/mol. The van der Waals surface area contributed by atoms with Crippen LogP contribution >= 0.6 is 0 Å². The van der Waals surface area contributed by atoms with Gasteiger partial charge in [0, 0.05) is 35.6 Å². The lowest BCUT2D eigenvalue weighted by molar-refractivity contribution is -0.122. The number of carbonyl (C=O) groups excluding carboxylic acids is 2. The number of hydrogen-bond donors (Lipinski definition) is 3. The summed E-state index contributed by atoms with van der Waals surface area (Å²) in [4.78, 5) is 37.6. The molecule has 0 spiro atoms. The molecule has 0 aliphatic heterocycles. The zero-order chi connectivity index (χ0) is 28.4. The van der Waals surface area contributed by atoms with E-state index in [0.717, 1.165) is 24.3 Å². The molecule has 202 valence electrons. The summed E-state index contributed by atoms with van der Waals surface area (Å²) in [5.74, 6) is -3.70. The molecule has 0 saturated heterocycles. The monoisotopic (exact) mass is 545 g/mol. The summed E-state index contributed by atoms with van der Waals surface area (Å²) in [6.45, 7) is -0.154. The number of fused-ring (bicyclic) bond motifs is 1. The number of halogens is 3. The van der Waals surface area contributed by atoms with Crippen LogP contribution in [-0.4, -0.2) is 31.3 Å². The number of carbonyl (C=O) groups is 2. The number of rotatable bonds is 8. The highest BCUT2D eigenvalue weighted by Gasteiger charge is 2.23. The third-order valence-electron chi connectivity index (χ3n) is 6.24. The molecule has 0 aliphatic rings. The Morgan fingerprint density at radius 1 is 1.00 bits per heavy atom. The van der Waals surface area contributed by atoms with Gasteiger partial charge in [-0.25, -0.2) is 18.2 Å². The van der Waals surface area contributed by atoms with Crippen LogP contribution in [-0.2, 0) is 17.8 Å². The Morgan fingerprint density at radius 2 is 1.77 bits per heavy atom. The van der Waals surface area contributed by atoms with Crippen LogP contribution in [0.2, 0.25) is 0 Å². The molecule has 5 aromatic rings. The van der Waals surface area contributed by atoms with Gasteiger partial charge in [-0.15, -0.1) is 0 Å². The Balaban J connectivity index is 1.53. The van der Waals surface area contributed by atoms with E-state index in [9.17, 15) is 22.8 Å². The van der Waals surface area contributed by atoms with Crippen LogP contribution in [0.25, 0.3) is 22.2 Å². The molecule has 5 rings (SSSR count). The summed E-state index contributed by atoms with van der Waals surface area (Å²) >= 11 is 0. The fourth-order valence-electron chi connectivity index (χ4n) is 4.51. The molecule has 5 N–H and O–H groups in total. The predicted molar refractivity (Wildman–Crippen MR) is 141 cm³/mol. The van der Waals surface area contributed by atoms with Crippen molar-refractivity contribution in [2.75, 3.05) is 5.73 Å². The predicted octanol–water partition coefficient (Wildman–Crippen LogP) is 3.69. The van der Waals surface area contributed by atoms with Crippen molar-refractivity contribution in [2.24, 2.45) is 5.73 Å². The first kappa shape index (κ1) is 26.4. The molecule has 1 atom stereocenters. The Kier molecular flexibility index (Phi) is 7.15. The van der Waals surface area contributed by atoms with Crippen LogP contribution in [0.4, 0.5) is 19.1 Å². The van der Waals surface area contributed by atoms with Crippen LogP contribution in [0.1, 0.15) is 27.7 Å². The maximum Gasteiger partial charge on any atom is 0.251 e. The summed E-state index contributed by atoms with van der Waals surface area (Å²) in [6.07, 6.45) is 4.65. The molecule has 2 amide bonds. The summed E-state index contributed by atoms with van der Waals surface area (Å²) in [5, 5.41) is 3.57. The van der Waals surface area contributed by atoms with Crippen LogP contribution in [0.3, 0.4) is 0 Å². The zero-order valence-electron chi connectivity index (χ0n) is 20.8. The molecule has 0 radical (unpaired) electrons. The average molecular weight is 546 g/mol. The number of hydrogen-bond acceptors (Lipinski definition) is 6. The number of benzene rings is 2. The van der Waals surface area contributed by atoms with E-state index in [0.29, 0.717) is 27.9 Å². The van der Waals surface area contributed by atoms with Gasteiger partial charge in [-0.05, 0) is 53.9 Å². The third kappa shape index (κ3) is 5.60. The first-order valence-electron chi connectivity index (χ1n) is 12.0. The number of nitrogens with two attached hydrogens (primary N) is 2. The summed E-state index contributed by atoms with van der Waals surface area (Å²) in [6, 6.07) is 11.1. The number of aromatic nitrogens is 4. The van der Waals surface area contributed by atoms with Crippen LogP contribution < -0.4 is 16.8 Å². The van der Waals surface area contributed by atoms with E-state index in [1.54, 1.807) is 29.0 Å². The molecule has 0 aliphatic carbocycles. The van der Waals surface area contributed by atoms with Gasteiger partial charge in [0.15, 0.2) is 0 Å². The van der Waals surface area contributed by atoms with Crippen molar-refractivity contribution in [3.05, 3.63) is 107 Å². The molecule has 40 heavy (non-hydrogen) atoms. The summed E-state index contributed by atoms with van der Waals surface area (Å²) < 4.78 is 43.8. The lowest BCUT2D eigenvalue weighted by atomic mass is 9.94. The van der Waals surface area contributed by atoms with Gasteiger partial charge in [0.1, 0.15) is 29.6 Å². The van der Waals surface area contributed by atoms with Crippen LogP contribution in [0.5, 0.6) is 0 Å². The van der Waals surface area contributed by atoms with E-state index in [2.05, 4.69) is 20.3 Å². The van der Waals surface area contributed by atoms with Crippen molar-refractivity contribution < 1.29 is 22.8 Å². The molecule has 0 bridgehead atoms. The topological polar surface area (TPSA) is 142 Å². The van der Waals surface area contributed by atoms with Crippen molar-refractivity contribution in [3.8, 4) is 11.1 Å². The summed E-state index contributed by atoms with van der Waals surface area (Å²) in [5.41, 5.74) is 12.6. The number of anilines is 1. The number of nitrogens with zero attached hydrogens (tertiary/aromatic N) is 4. The highest BCUT2D eigenvalue weighted by Crippen LogP contribution is 2.30. The second-order valence-electron chi connectivity index (χ2n) is 9.05. The lowest BCUT2D eigenvalue weighted by Crippen LogP contribution is -2.33. The van der Waals surface area contributed by atoms with Gasteiger partial charge in [0.25, 0.3) is 5.91 Å². The molecule has 12 heteroatoms. The maximum absolute atomic E-state index is 14.2. The summed E-state index contributed by atoms with van der Waals surface area (Å²) in [7, 11) is 0. The molecule has 2 aromatic carbocycles. The third-order valence-corrected chi connectivity index (χ3v) is 6.24. The number of pyridine rings is 1. The molecule has 0 fully saturated rings. The molecule has 9 nitrogen and oxygen atoms in total. The van der Waals surface area contributed by atoms with Gasteiger partial charge in [0.05, 0.1) is 17.3 Å². The van der Waals surface area contributed by atoms with Gasteiger partial charge in [-0.3, -0.25) is 14.6 Å². The Bertz CT molecular complexity index is 1740. The lowest BCUT2D eigenvalue weighted by Gasteiger charge is -2.22.